The number of hydrogen-bond donors (Lipinski definition) is 2. The lowest BCUT2D eigenvalue weighted by Gasteiger charge is -2.35. The number of nitrogens with one attached hydrogen (secondary N) is 2. The highest BCUT2D eigenvalue weighted by atomic mass is 35.5. The molecule has 0 radical (unpaired) electrons. The number of amides is 1. The maximum atomic E-state index is 13.4. The second kappa shape index (κ2) is 9.90. The number of rotatable bonds is 6. The van der Waals surface area contributed by atoms with E-state index in [9.17, 15) is 18.0 Å². The van der Waals surface area contributed by atoms with Crippen LogP contribution in [0.1, 0.15) is 10.6 Å². The van der Waals surface area contributed by atoms with Crippen molar-refractivity contribution >= 4 is 18.3 Å². The van der Waals surface area contributed by atoms with Crippen molar-refractivity contribution in [3.8, 4) is 17.2 Å². The predicted octanol–water partition coefficient (Wildman–Crippen LogP) is 1.73. The second-order valence-corrected chi connectivity index (χ2v) is 6.21. The zero-order valence-corrected chi connectivity index (χ0v) is 16.3. The molecule has 160 valence electrons. The molecule has 3 rings (SSSR count). The molecule has 2 N–H and O–H groups in total. The van der Waals surface area contributed by atoms with Gasteiger partial charge in [0.15, 0.2) is 0 Å². The van der Waals surface area contributed by atoms with Crippen LogP contribution >= 0.6 is 12.4 Å². The minimum Gasteiger partial charge on any atom is -0.497 e. The largest absolute Gasteiger partial charge is 0.497 e. The Hall–Kier alpha value is -2.37. The monoisotopic (exact) mass is 435 g/mol. The molecule has 1 atom stereocenters. The van der Waals surface area contributed by atoms with Crippen molar-refractivity contribution in [1.29, 1.82) is 0 Å². The topological polar surface area (TPSA) is 92.5 Å². The molecule has 2 aromatic rings. The fraction of sp³-hybridized carbons (Fsp3) is 0.471. The van der Waals surface area contributed by atoms with Gasteiger partial charge in [-0.05, 0) is 18.2 Å². The van der Waals surface area contributed by atoms with E-state index in [2.05, 4.69) is 20.8 Å². The van der Waals surface area contributed by atoms with Crippen LogP contribution in [-0.4, -0.2) is 73.0 Å². The predicted molar refractivity (Wildman–Crippen MR) is 100 cm³/mol. The van der Waals surface area contributed by atoms with E-state index in [1.807, 2.05) is 0 Å². The van der Waals surface area contributed by atoms with E-state index in [0.717, 1.165) is 0 Å². The standard InChI is InChI=1S/C17H20F3N5O3.ClH/c1-27-12-4-2-3-11(9-12)16-23-14(24-28-16)15(26)22-10-13(17(18,19)20)25-7-5-21-6-8-25;/h2-4,9,13,21H,5-8,10H2,1H3,(H,22,26);1H. The zero-order valence-electron chi connectivity index (χ0n) is 15.5. The fourth-order valence-corrected chi connectivity index (χ4v) is 2.90. The van der Waals surface area contributed by atoms with Gasteiger partial charge >= 0.3 is 6.18 Å². The summed E-state index contributed by atoms with van der Waals surface area (Å²) in [7, 11) is 1.50. The normalized spacial score (nSPS) is 16.0. The van der Waals surface area contributed by atoms with Gasteiger partial charge in [0.1, 0.15) is 11.8 Å². The molecule has 2 heterocycles. The maximum Gasteiger partial charge on any atom is 0.405 e. The van der Waals surface area contributed by atoms with E-state index >= 15 is 0 Å². The van der Waals surface area contributed by atoms with Crippen molar-refractivity contribution in [3.63, 3.8) is 0 Å². The van der Waals surface area contributed by atoms with Crippen LogP contribution in [0.25, 0.3) is 11.5 Å². The van der Waals surface area contributed by atoms with E-state index in [4.69, 9.17) is 9.26 Å². The maximum absolute atomic E-state index is 13.4. The summed E-state index contributed by atoms with van der Waals surface area (Å²) >= 11 is 0. The quantitative estimate of drug-likeness (QED) is 0.714. The van der Waals surface area contributed by atoms with Crippen molar-refractivity contribution in [2.24, 2.45) is 0 Å². The van der Waals surface area contributed by atoms with Gasteiger partial charge in [0, 0.05) is 38.3 Å². The molecule has 29 heavy (non-hydrogen) atoms. The van der Waals surface area contributed by atoms with Gasteiger partial charge in [-0.1, -0.05) is 11.2 Å². The van der Waals surface area contributed by atoms with E-state index in [1.54, 1.807) is 24.3 Å². The lowest BCUT2D eigenvalue weighted by Crippen LogP contribution is -2.57. The lowest BCUT2D eigenvalue weighted by atomic mass is 10.2. The Morgan fingerprint density at radius 1 is 1.38 bits per heavy atom. The molecule has 0 aliphatic carbocycles. The highest BCUT2D eigenvalue weighted by Crippen LogP contribution is 2.25. The third-order valence-electron chi connectivity index (χ3n) is 4.37. The highest BCUT2D eigenvalue weighted by molar-refractivity contribution is 5.90. The first-order chi connectivity index (χ1) is 13.4. The summed E-state index contributed by atoms with van der Waals surface area (Å²) in [6.45, 7) is 0.848. The molecule has 1 aromatic heterocycles. The summed E-state index contributed by atoms with van der Waals surface area (Å²) in [4.78, 5) is 17.5. The Balaban J connectivity index is 0.00000300. The van der Waals surface area contributed by atoms with Crippen LogP contribution in [0.5, 0.6) is 5.75 Å². The van der Waals surface area contributed by atoms with Gasteiger partial charge in [-0.25, -0.2) is 0 Å². The van der Waals surface area contributed by atoms with Crippen LogP contribution in [0.3, 0.4) is 0 Å². The average molecular weight is 436 g/mol. The van der Waals surface area contributed by atoms with Crippen LogP contribution in [-0.2, 0) is 0 Å². The molecule has 0 saturated carbocycles. The number of aromatic nitrogens is 2. The second-order valence-electron chi connectivity index (χ2n) is 6.21. The lowest BCUT2D eigenvalue weighted by molar-refractivity contribution is -0.183. The van der Waals surface area contributed by atoms with Crippen LogP contribution in [0.15, 0.2) is 28.8 Å². The fourth-order valence-electron chi connectivity index (χ4n) is 2.90. The highest BCUT2D eigenvalue weighted by Gasteiger charge is 2.44. The molecule has 1 aliphatic rings. The van der Waals surface area contributed by atoms with Crippen molar-refractivity contribution in [3.05, 3.63) is 30.1 Å². The molecule has 0 bridgehead atoms. The number of hydrogen-bond acceptors (Lipinski definition) is 7. The Kier molecular flexibility index (Phi) is 7.82. The third-order valence-corrected chi connectivity index (χ3v) is 4.37. The average Bonchev–Trinajstić information content (AvgIpc) is 3.18. The van der Waals surface area contributed by atoms with Crippen LogP contribution < -0.4 is 15.4 Å². The molecular weight excluding hydrogens is 415 g/mol. The van der Waals surface area contributed by atoms with Gasteiger partial charge in [0.2, 0.25) is 0 Å². The van der Waals surface area contributed by atoms with Gasteiger partial charge in [0.25, 0.3) is 17.6 Å². The first-order valence-corrected chi connectivity index (χ1v) is 8.66. The number of carbonyl (C=O) groups excluding carboxylic acids is 1. The Labute approximate surface area is 171 Å². The Bertz CT molecular complexity index is 812. The molecular formula is C17H21ClF3N5O3. The SMILES string of the molecule is COc1cccc(-c2nc(C(=O)NCC(N3CCNCC3)C(F)(F)F)no2)c1.Cl. The summed E-state index contributed by atoms with van der Waals surface area (Å²) in [5, 5.41) is 8.82. The number of alkyl halides is 3. The number of benzene rings is 1. The number of ether oxygens (including phenoxy) is 1. The van der Waals surface area contributed by atoms with Crippen molar-refractivity contribution in [2.75, 3.05) is 39.8 Å². The molecule has 1 aromatic carbocycles. The number of methoxy groups -OCH3 is 1. The van der Waals surface area contributed by atoms with Crippen LogP contribution in [0.4, 0.5) is 13.2 Å². The number of nitrogens with zero attached hydrogens (tertiary/aromatic N) is 3. The molecule has 1 saturated heterocycles. The van der Waals surface area contributed by atoms with Crippen LogP contribution in [0.2, 0.25) is 0 Å². The summed E-state index contributed by atoms with van der Waals surface area (Å²) in [6.07, 6.45) is -4.46. The van der Waals surface area contributed by atoms with E-state index < -0.39 is 24.7 Å². The molecule has 1 fully saturated rings. The van der Waals surface area contributed by atoms with Crippen LogP contribution in [0, 0.1) is 0 Å². The van der Waals surface area contributed by atoms with E-state index in [-0.39, 0.29) is 37.2 Å². The summed E-state index contributed by atoms with van der Waals surface area (Å²) < 4.78 is 50.3. The first-order valence-electron chi connectivity index (χ1n) is 8.66. The Morgan fingerprint density at radius 3 is 2.76 bits per heavy atom. The van der Waals surface area contributed by atoms with Gasteiger partial charge < -0.3 is 19.9 Å². The summed E-state index contributed by atoms with van der Waals surface area (Å²) in [6, 6.07) is 4.98. The number of piperazine rings is 1. The van der Waals surface area contributed by atoms with E-state index in [1.165, 1.54) is 12.0 Å². The molecule has 8 nitrogen and oxygen atoms in total. The van der Waals surface area contributed by atoms with Crippen molar-refractivity contribution < 1.29 is 27.2 Å². The summed E-state index contributed by atoms with van der Waals surface area (Å²) in [5.41, 5.74) is 0.528. The zero-order chi connectivity index (χ0) is 20.1. The number of halogens is 4. The molecule has 0 spiro atoms. The van der Waals surface area contributed by atoms with Gasteiger partial charge in [-0.2, -0.15) is 18.2 Å². The van der Waals surface area contributed by atoms with Gasteiger partial charge in [-0.3, -0.25) is 9.69 Å². The van der Waals surface area contributed by atoms with E-state index in [0.29, 0.717) is 24.4 Å². The Morgan fingerprint density at radius 2 is 2.10 bits per heavy atom. The molecule has 12 heteroatoms. The minimum absolute atomic E-state index is 0. The minimum atomic E-state index is -4.46. The molecule has 1 unspecified atom stereocenters. The van der Waals surface area contributed by atoms with Gasteiger partial charge in [-0.15, -0.1) is 12.4 Å². The van der Waals surface area contributed by atoms with Gasteiger partial charge in [0.05, 0.1) is 7.11 Å². The molecule has 1 aliphatic heterocycles. The number of carbonyl (C=O) groups is 1. The molecule has 1 amide bonds. The third kappa shape index (κ3) is 5.81. The summed E-state index contributed by atoms with van der Waals surface area (Å²) in [5.74, 6) is -0.536. The first kappa shape index (κ1) is 22.9. The smallest absolute Gasteiger partial charge is 0.405 e. The van der Waals surface area contributed by atoms with Crippen molar-refractivity contribution in [2.45, 2.75) is 12.2 Å². The van der Waals surface area contributed by atoms with Crippen molar-refractivity contribution in [1.82, 2.24) is 25.7 Å².